The van der Waals surface area contributed by atoms with Crippen LogP contribution in [0, 0.1) is 29.6 Å². The van der Waals surface area contributed by atoms with Crippen molar-refractivity contribution < 1.29 is 34.1 Å². The molecule has 11 nitrogen and oxygen atoms in total. The fourth-order valence-corrected chi connectivity index (χ4v) is 10.2. The minimum atomic E-state index is -2.70. The molecule has 1 saturated carbocycles. The lowest BCUT2D eigenvalue weighted by atomic mass is 9.83. The Kier molecular flexibility index (Phi) is 16.3. The van der Waals surface area contributed by atoms with Gasteiger partial charge < -0.3 is 25.0 Å². The van der Waals surface area contributed by atoms with E-state index in [0.29, 0.717) is 63.4 Å². The Hall–Kier alpha value is -5.42. The molecule has 0 aromatic heterocycles. The first-order chi connectivity index (χ1) is 31.5. The van der Waals surface area contributed by atoms with E-state index in [2.05, 4.69) is 46.5 Å². The fourth-order valence-electron chi connectivity index (χ4n) is 10.2. The van der Waals surface area contributed by atoms with Gasteiger partial charge in [-0.05, 0) is 105 Å². The zero-order chi connectivity index (χ0) is 48.0. The Bertz CT molecular complexity index is 2410. The van der Waals surface area contributed by atoms with Crippen molar-refractivity contribution in [2.75, 3.05) is 13.7 Å². The van der Waals surface area contributed by atoms with Crippen LogP contribution in [0.3, 0.4) is 0 Å². The molecule has 66 heavy (non-hydrogen) atoms. The second-order valence-corrected chi connectivity index (χ2v) is 19.6. The number of methoxy groups -OCH3 is 1. The number of ketones is 1. The maximum atomic E-state index is 14.5. The Labute approximate surface area is 392 Å². The lowest BCUT2D eigenvalue weighted by molar-refractivity contribution is -0.161. The third-order valence-electron chi connectivity index (χ3n) is 14.3. The molecule has 5 heterocycles. The number of allylic oxidation sites excluding steroid dienone is 11. The van der Waals surface area contributed by atoms with Crippen molar-refractivity contribution >= 4 is 34.9 Å². The largest absolute Gasteiger partial charge is 0.515 e. The third kappa shape index (κ3) is 10.3. The molecule has 6 aliphatic rings. The molecule has 8 bridgehead atoms. The Morgan fingerprint density at radius 1 is 0.924 bits per heavy atom. The summed E-state index contributed by atoms with van der Waals surface area (Å²) in [5, 5.41) is 26.3. The Morgan fingerprint density at radius 2 is 1.61 bits per heavy atom. The lowest BCUT2D eigenvalue weighted by Gasteiger charge is -2.24. The van der Waals surface area contributed by atoms with Gasteiger partial charge in [-0.1, -0.05) is 105 Å². The summed E-state index contributed by atoms with van der Waals surface area (Å²) >= 11 is 0. The molecular formula is C55H72N4O7. The second-order valence-electron chi connectivity index (χ2n) is 19.6. The number of aliphatic imine (C=N–C) groups is 3. The zero-order valence-corrected chi connectivity index (χ0v) is 41.0. The van der Waals surface area contributed by atoms with Crippen LogP contribution in [0.2, 0.25) is 0 Å². The van der Waals surface area contributed by atoms with Crippen LogP contribution >= 0.6 is 0 Å². The number of fused-ring (bicyclic) bond motifs is 5. The van der Waals surface area contributed by atoms with Crippen LogP contribution < -0.4 is 5.32 Å². The van der Waals surface area contributed by atoms with Crippen LogP contribution in [0.5, 0.6) is 0 Å². The standard InChI is InChI=1S/C55H72N4O7/c1-12-38-35(8)42-27-43-36(9)40(23-24-48(61)66-26-25-34(7)22-16-21-33(6)20-15-19-32(5)18-14-17-31(3)4)51(58-43)50-52-49(53(62)55(50,64)54(63)65-11)37(10)44(59-52)28-46-39(13-2)41(30-60)47(57-46)29-45(38)56-42/h12,25,27-33,36,40,58,60,64H,1,13-24,26H2,2-11H3/b34-25+,41-30+,43-27?,44-28?,45-29?,51-50?/t32-,33-,36+,40+,55+/m1/s1. The van der Waals surface area contributed by atoms with Gasteiger partial charge in [0.2, 0.25) is 5.78 Å². The van der Waals surface area contributed by atoms with Gasteiger partial charge in [0, 0.05) is 46.4 Å². The van der Waals surface area contributed by atoms with Crippen molar-refractivity contribution in [1.29, 1.82) is 0 Å². The molecule has 0 spiro atoms. The average molecular weight is 901 g/mol. The summed E-state index contributed by atoms with van der Waals surface area (Å²) in [7, 11) is 1.13. The molecule has 5 aliphatic heterocycles. The molecule has 0 amide bonds. The van der Waals surface area contributed by atoms with Crippen LogP contribution in [0.25, 0.3) is 0 Å². The molecule has 1 aliphatic carbocycles. The maximum Gasteiger partial charge on any atom is 0.351 e. The highest BCUT2D eigenvalue weighted by Gasteiger charge is 2.62. The number of carbonyl (C=O) groups is 3. The van der Waals surface area contributed by atoms with Gasteiger partial charge in [0.05, 0.1) is 53.2 Å². The third-order valence-corrected chi connectivity index (χ3v) is 14.3. The van der Waals surface area contributed by atoms with E-state index in [1.807, 2.05) is 39.0 Å². The first kappa shape index (κ1) is 50.0. The maximum absolute atomic E-state index is 14.5. The van der Waals surface area contributed by atoms with E-state index < -0.39 is 23.3 Å². The van der Waals surface area contributed by atoms with Gasteiger partial charge in [-0.2, -0.15) is 0 Å². The van der Waals surface area contributed by atoms with Crippen LogP contribution in [-0.2, 0) is 23.9 Å². The number of nitrogens with zero attached hydrogens (tertiary/aromatic N) is 3. The van der Waals surface area contributed by atoms with E-state index in [4.69, 9.17) is 24.5 Å². The van der Waals surface area contributed by atoms with Gasteiger partial charge in [0.1, 0.15) is 6.61 Å². The van der Waals surface area contributed by atoms with Gasteiger partial charge in [0.15, 0.2) is 0 Å². The highest BCUT2D eigenvalue weighted by Crippen LogP contribution is 2.49. The molecule has 0 radical (unpaired) electrons. The Morgan fingerprint density at radius 3 is 2.24 bits per heavy atom. The number of hydrogen-bond acceptors (Lipinski definition) is 11. The summed E-state index contributed by atoms with van der Waals surface area (Å²) in [4.78, 5) is 56.4. The molecule has 11 heteroatoms. The number of hydrogen-bond donors (Lipinski definition) is 3. The minimum absolute atomic E-state index is 0.00147. The topological polar surface area (TPSA) is 159 Å². The number of Topliss-reactive ketones (excluding diaryl/α,β-unsaturated/α-hetero) is 1. The number of ether oxygens (including phenoxy) is 2. The van der Waals surface area contributed by atoms with Gasteiger partial charge in [-0.15, -0.1) is 0 Å². The van der Waals surface area contributed by atoms with Gasteiger partial charge in [-0.25, -0.2) is 19.8 Å². The van der Waals surface area contributed by atoms with Crippen LogP contribution in [0.1, 0.15) is 139 Å². The van der Waals surface area contributed by atoms with Crippen LogP contribution in [0.15, 0.2) is 131 Å². The van der Waals surface area contributed by atoms with Crippen LogP contribution in [-0.4, -0.2) is 64.4 Å². The SMILES string of the molecule is C=CC1=C(C)C2=NC1=CC1=NC(=C(CC)/C1=C\O)C=C1N=C3C(=C1C)C(=O)[C@](O)(C(=O)OC)C3=C1NC(=C2)[C@@H](C)[C@@H]1CCC(=O)OC/C=C(\C)CCC[C@H](C)CCC[C@H](C)CCCC(C)C. The second kappa shape index (κ2) is 21.5. The molecule has 2 fully saturated rings. The van der Waals surface area contributed by atoms with Crippen molar-refractivity contribution in [3.63, 3.8) is 0 Å². The molecule has 5 atom stereocenters. The van der Waals surface area contributed by atoms with Gasteiger partial charge in [-0.3, -0.25) is 9.59 Å². The van der Waals surface area contributed by atoms with Crippen molar-refractivity contribution in [2.24, 2.45) is 44.6 Å². The summed E-state index contributed by atoms with van der Waals surface area (Å²) in [6, 6.07) is 0. The number of esters is 2. The van der Waals surface area contributed by atoms with E-state index in [0.717, 1.165) is 54.8 Å². The quantitative estimate of drug-likeness (QED) is 0.0471. The normalized spacial score (nSPS) is 24.2. The van der Waals surface area contributed by atoms with E-state index >= 15 is 0 Å². The van der Waals surface area contributed by atoms with Crippen molar-refractivity contribution in [2.45, 2.75) is 145 Å². The smallest absolute Gasteiger partial charge is 0.351 e. The number of aliphatic hydroxyl groups excluding tert-OH is 1. The average Bonchev–Trinajstić information content (AvgIpc) is 4.01. The number of nitrogens with one attached hydrogen (secondary N) is 1. The van der Waals surface area contributed by atoms with Gasteiger partial charge >= 0.3 is 11.9 Å². The van der Waals surface area contributed by atoms with E-state index in [1.165, 1.54) is 50.5 Å². The highest BCUT2D eigenvalue weighted by molar-refractivity contribution is 6.46. The molecule has 0 unspecified atom stereocenters. The zero-order valence-electron chi connectivity index (χ0n) is 41.0. The minimum Gasteiger partial charge on any atom is -0.515 e. The summed E-state index contributed by atoms with van der Waals surface area (Å²) in [6.07, 6.45) is 22.2. The summed E-state index contributed by atoms with van der Waals surface area (Å²) in [5.41, 5.74) is 6.08. The monoisotopic (exact) mass is 901 g/mol. The number of rotatable bonds is 20. The summed E-state index contributed by atoms with van der Waals surface area (Å²) in [5.74, 6) is -0.837. The van der Waals surface area contributed by atoms with Crippen molar-refractivity contribution in [3.8, 4) is 0 Å². The van der Waals surface area contributed by atoms with Crippen molar-refractivity contribution in [3.05, 3.63) is 116 Å². The molecule has 0 aromatic rings. The summed E-state index contributed by atoms with van der Waals surface area (Å²) in [6.45, 7) is 23.3. The van der Waals surface area contributed by atoms with Crippen LogP contribution in [0.4, 0.5) is 0 Å². The molecule has 0 aromatic carbocycles. The number of carbonyl (C=O) groups excluding carboxylic acids is 3. The predicted molar refractivity (Wildman–Crippen MR) is 264 cm³/mol. The van der Waals surface area contributed by atoms with E-state index in [1.54, 1.807) is 19.1 Å². The molecular weight excluding hydrogens is 829 g/mol. The fraction of sp³-hybridized carbons (Fsp3) is 0.527. The van der Waals surface area contributed by atoms with Crippen molar-refractivity contribution in [1.82, 2.24) is 5.32 Å². The predicted octanol–water partition coefficient (Wildman–Crippen LogP) is 11.2. The molecule has 6 rings (SSSR count). The molecule has 1 saturated heterocycles. The molecule has 3 N–H and O–H groups in total. The Balaban J connectivity index is 1.24. The van der Waals surface area contributed by atoms with Gasteiger partial charge in [0.25, 0.3) is 5.60 Å². The van der Waals surface area contributed by atoms with E-state index in [9.17, 15) is 24.6 Å². The number of aliphatic hydroxyl groups is 2. The lowest BCUT2D eigenvalue weighted by Crippen LogP contribution is -2.47. The van der Waals surface area contributed by atoms with E-state index in [-0.39, 0.29) is 48.2 Å². The summed E-state index contributed by atoms with van der Waals surface area (Å²) < 4.78 is 10.9. The first-order valence-electron chi connectivity index (χ1n) is 24.2. The molecule has 354 valence electrons. The first-order valence-corrected chi connectivity index (χ1v) is 24.2. The highest BCUT2D eigenvalue weighted by atomic mass is 16.5.